The first-order chi connectivity index (χ1) is 9.99. The highest BCUT2D eigenvalue weighted by atomic mass is 35.5. The van der Waals surface area contributed by atoms with Gasteiger partial charge in [0.1, 0.15) is 0 Å². The van der Waals surface area contributed by atoms with E-state index in [0.717, 1.165) is 5.69 Å². The van der Waals surface area contributed by atoms with Gasteiger partial charge in [0, 0.05) is 24.2 Å². The van der Waals surface area contributed by atoms with Crippen LogP contribution >= 0.6 is 23.2 Å². The first-order valence-electron chi connectivity index (χ1n) is 6.77. The number of nitrogens with one attached hydrogen (secondary N) is 1. The third kappa shape index (κ3) is 3.99. The molecule has 0 radical (unpaired) electrons. The molecule has 21 heavy (non-hydrogen) atoms. The summed E-state index contributed by atoms with van der Waals surface area (Å²) in [5.74, 6) is 0.0476. The maximum absolute atomic E-state index is 12.1. The Morgan fingerprint density at radius 1 is 1.10 bits per heavy atom. The van der Waals surface area contributed by atoms with E-state index in [-0.39, 0.29) is 5.78 Å². The highest BCUT2D eigenvalue weighted by molar-refractivity contribution is 6.42. The molecule has 0 atom stereocenters. The van der Waals surface area contributed by atoms with Crippen LogP contribution in [-0.4, -0.2) is 12.3 Å². The second-order valence-corrected chi connectivity index (χ2v) is 5.79. The Kier molecular flexibility index (Phi) is 5.27. The van der Waals surface area contributed by atoms with E-state index in [2.05, 4.69) is 25.2 Å². The van der Waals surface area contributed by atoms with Gasteiger partial charge in [-0.15, -0.1) is 0 Å². The van der Waals surface area contributed by atoms with Crippen molar-refractivity contribution in [3.8, 4) is 0 Å². The molecule has 0 amide bonds. The number of ketones is 1. The van der Waals surface area contributed by atoms with Crippen LogP contribution in [-0.2, 0) is 0 Å². The second-order valence-electron chi connectivity index (χ2n) is 4.98. The van der Waals surface area contributed by atoms with Gasteiger partial charge in [0.15, 0.2) is 5.78 Å². The molecule has 2 aromatic rings. The summed E-state index contributed by atoms with van der Waals surface area (Å²) in [6.07, 6.45) is 0.408. The van der Waals surface area contributed by atoms with E-state index in [1.165, 1.54) is 11.1 Å². The van der Waals surface area contributed by atoms with Gasteiger partial charge >= 0.3 is 0 Å². The summed E-state index contributed by atoms with van der Waals surface area (Å²) in [7, 11) is 0. The quantitative estimate of drug-likeness (QED) is 0.757. The van der Waals surface area contributed by atoms with Crippen molar-refractivity contribution in [1.29, 1.82) is 0 Å². The maximum Gasteiger partial charge on any atom is 0.164 e. The van der Waals surface area contributed by atoms with Crippen LogP contribution in [0.4, 0.5) is 5.69 Å². The van der Waals surface area contributed by atoms with Gasteiger partial charge in [-0.25, -0.2) is 0 Å². The third-order valence-electron chi connectivity index (χ3n) is 3.51. The molecule has 0 saturated carbocycles. The van der Waals surface area contributed by atoms with E-state index in [0.29, 0.717) is 28.6 Å². The third-order valence-corrected chi connectivity index (χ3v) is 4.25. The zero-order valence-electron chi connectivity index (χ0n) is 12.0. The van der Waals surface area contributed by atoms with Crippen LogP contribution < -0.4 is 5.32 Å². The van der Waals surface area contributed by atoms with Gasteiger partial charge in [0.2, 0.25) is 0 Å². The number of hydrogen-bond acceptors (Lipinski definition) is 2. The van der Waals surface area contributed by atoms with Gasteiger partial charge in [0.25, 0.3) is 0 Å². The molecule has 0 saturated heterocycles. The fourth-order valence-corrected chi connectivity index (χ4v) is 2.37. The molecule has 1 N–H and O–H groups in total. The Hall–Kier alpha value is -1.51. The monoisotopic (exact) mass is 321 g/mol. The summed E-state index contributed by atoms with van der Waals surface area (Å²) in [4.78, 5) is 12.1. The number of carbonyl (C=O) groups is 1. The fraction of sp³-hybridized carbons (Fsp3) is 0.235. The van der Waals surface area contributed by atoms with E-state index in [9.17, 15) is 4.79 Å². The summed E-state index contributed by atoms with van der Waals surface area (Å²) in [5.41, 5.74) is 4.10. The van der Waals surface area contributed by atoms with Crippen molar-refractivity contribution in [3.05, 3.63) is 63.1 Å². The summed E-state index contributed by atoms with van der Waals surface area (Å²) in [5, 5.41) is 4.17. The van der Waals surface area contributed by atoms with Crippen LogP contribution in [0.25, 0.3) is 0 Å². The van der Waals surface area contributed by atoms with Crippen molar-refractivity contribution in [2.75, 3.05) is 11.9 Å². The molecule has 0 aliphatic rings. The lowest BCUT2D eigenvalue weighted by atomic mass is 10.1. The molecule has 2 aromatic carbocycles. The standard InChI is InChI=1S/C17H17Cl2NO/c1-11-4-3-5-16(12(11)2)20-9-8-17(21)13-6-7-14(18)15(19)10-13/h3-7,10,20H,8-9H2,1-2H3. The SMILES string of the molecule is Cc1cccc(NCCC(=O)c2ccc(Cl)c(Cl)c2)c1C. The van der Waals surface area contributed by atoms with Gasteiger partial charge in [-0.1, -0.05) is 35.3 Å². The predicted molar refractivity (Wildman–Crippen MR) is 89.8 cm³/mol. The molecule has 4 heteroatoms. The molecule has 0 bridgehead atoms. The Bertz CT molecular complexity index is 668. The summed E-state index contributed by atoms with van der Waals surface area (Å²) in [6.45, 7) is 4.73. The minimum Gasteiger partial charge on any atom is -0.384 e. The topological polar surface area (TPSA) is 29.1 Å². The average Bonchev–Trinajstić information content (AvgIpc) is 2.46. The Balaban J connectivity index is 1.95. The van der Waals surface area contributed by atoms with Crippen LogP contribution in [0, 0.1) is 13.8 Å². The minimum atomic E-state index is 0.0476. The fourth-order valence-electron chi connectivity index (χ4n) is 2.07. The van der Waals surface area contributed by atoms with Crippen molar-refractivity contribution in [1.82, 2.24) is 0 Å². The van der Waals surface area contributed by atoms with Crippen molar-refractivity contribution in [3.63, 3.8) is 0 Å². The number of Topliss-reactive ketones (excluding diaryl/α,β-unsaturated/α-hetero) is 1. The maximum atomic E-state index is 12.1. The summed E-state index contributed by atoms with van der Waals surface area (Å²) >= 11 is 11.8. The zero-order chi connectivity index (χ0) is 15.4. The molecule has 0 aromatic heterocycles. The molecule has 0 unspecified atom stereocenters. The highest BCUT2D eigenvalue weighted by Crippen LogP contribution is 2.23. The molecule has 2 rings (SSSR count). The summed E-state index contributed by atoms with van der Waals surface area (Å²) < 4.78 is 0. The average molecular weight is 322 g/mol. The zero-order valence-corrected chi connectivity index (χ0v) is 13.6. The Morgan fingerprint density at radius 3 is 2.57 bits per heavy atom. The van der Waals surface area contributed by atoms with E-state index in [1.54, 1.807) is 18.2 Å². The van der Waals surface area contributed by atoms with Crippen LogP contribution in [0.2, 0.25) is 10.0 Å². The van der Waals surface area contributed by atoms with Gasteiger partial charge in [-0.3, -0.25) is 4.79 Å². The number of carbonyl (C=O) groups excluding carboxylic acids is 1. The lowest BCUT2D eigenvalue weighted by molar-refractivity contribution is 0.0986. The number of hydrogen-bond donors (Lipinski definition) is 1. The smallest absolute Gasteiger partial charge is 0.164 e. The number of rotatable bonds is 5. The Labute approximate surface area is 135 Å². The highest BCUT2D eigenvalue weighted by Gasteiger charge is 2.08. The van der Waals surface area contributed by atoms with Crippen molar-refractivity contribution in [2.45, 2.75) is 20.3 Å². The molecular weight excluding hydrogens is 305 g/mol. The molecule has 0 fully saturated rings. The largest absolute Gasteiger partial charge is 0.384 e. The molecule has 0 aliphatic heterocycles. The molecule has 0 aliphatic carbocycles. The second kappa shape index (κ2) is 6.97. The van der Waals surface area contributed by atoms with Gasteiger partial charge in [0.05, 0.1) is 10.0 Å². The number of benzene rings is 2. The van der Waals surface area contributed by atoms with E-state index in [1.807, 2.05) is 12.1 Å². The van der Waals surface area contributed by atoms with E-state index >= 15 is 0 Å². The normalized spacial score (nSPS) is 10.5. The lowest BCUT2D eigenvalue weighted by Crippen LogP contribution is -2.10. The van der Waals surface area contributed by atoms with Crippen LogP contribution in [0.15, 0.2) is 36.4 Å². The first-order valence-corrected chi connectivity index (χ1v) is 7.53. The van der Waals surface area contributed by atoms with E-state index < -0.39 is 0 Å². The minimum absolute atomic E-state index is 0.0476. The van der Waals surface area contributed by atoms with Crippen LogP contribution in [0.1, 0.15) is 27.9 Å². The van der Waals surface area contributed by atoms with Crippen molar-refractivity contribution >= 4 is 34.7 Å². The molecule has 0 spiro atoms. The van der Waals surface area contributed by atoms with Crippen molar-refractivity contribution < 1.29 is 4.79 Å². The Morgan fingerprint density at radius 2 is 1.86 bits per heavy atom. The molecule has 0 heterocycles. The molecule has 2 nitrogen and oxygen atoms in total. The number of halogens is 2. The van der Waals surface area contributed by atoms with Gasteiger partial charge in [-0.2, -0.15) is 0 Å². The summed E-state index contributed by atoms with van der Waals surface area (Å²) in [6, 6.07) is 11.1. The molecule has 110 valence electrons. The van der Waals surface area contributed by atoms with Crippen molar-refractivity contribution in [2.24, 2.45) is 0 Å². The van der Waals surface area contributed by atoms with Crippen LogP contribution in [0.3, 0.4) is 0 Å². The number of aryl methyl sites for hydroxylation is 1. The number of anilines is 1. The van der Waals surface area contributed by atoms with E-state index in [4.69, 9.17) is 23.2 Å². The lowest BCUT2D eigenvalue weighted by Gasteiger charge is -2.11. The van der Waals surface area contributed by atoms with Gasteiger partial charge < -0.3 is 5.32 Å². The molecular formula is C17H17Cl2NO. The van der Waals surface area contributed by atoms with Gasteiger partial charge in [-0.05, 0) is 49.2 Å². The predicted octanol–water partition coefficient (Wildman–Crippen LogP) is 5.30. The van der Waals surface area contributed by atoms with Crippen LogP contribution in [0.5, 0.6) is 0 Å². The first kappa shape index (κ1) is 15.9.